The number of hydrogen-bond donors (Lipinski definition) is 0. The Hall–Kier alpha value is -2.27. The van der Waals surface area contributed by atoms with Gasteiger partial charge in [-0.15, -0.1) is 0 Å². The molecule has 1 fully saturated rings. The number of anilines is 2. The van der Waals surface area contributed by atoms with Crippen LogP contribution in [0.1, 0.15) is 36.0 Å². The highest BCUT2D eigenvalue weighted by Gasteiger charge is 2.29. The first-order valence-electron chi connectivity index (χ1n) is 10.7. The van der Waals surface area contributed by atoms with Gasteiger partial charge in [0.05, 0.1) is 17.9 Å². The van der Waals surface area contributed by atoms with E-state index in [0.717, 1.165) is 24.9 Å². The summed E-state index contributed by atoms with van der Waals surface area (Å²) in [6.07, 6.45) is 7.68. The van der Waals surface area contributed by atoms with Gasteiger partial charge in [-0.3, -0.25) is 9.22 Å². The lowest BCUT2D eigenvalue weighted by Gasteiger charge is -2.37. The van der Waals surface area contributed by atoms with Crippen molar-refractivity contribution in [3.63, 3.8) is 0 Å². The largest absolute Gasteiger partial charge is 0.371 e. The van der Waals surface area contributed by atoms with E-state index in [1.54, 1.807) is 0 Å². The first kappa shape index (κ1) is 18.7. The lowest BCUT2D eigenvalue weighted by atomic mass is 9.90. The van der Waals surface area contributed by atoms with Gasteiger partial charge in [-0.05, 0) is 88.5 Å². The fraction of sp³-hybridized carbons (Fsp3) is 0.417. The zero-order valence-corrected chi connectivity index (χ0v) is 17.7. The lowest BCUT2D eigenvalue weighted by Crippen LogP contribution is -2.34. The van der Waals surface area contributed by atoms with Gasteiger partial charge in [-0.1, -0.05) is 18.2 Å². The average Bonchev–Trinajstić information content (AvgIpc) is 3.09. The monoisotopic (exact) mass is 407 g/mol. The van der Waals surface area contributed by atoms with Gasteiger partial charge in [-0.25, -0.2) is 0 Å². The Balaban J connectivity index is 1.48. The van der Waals surface area contributed by atoms with Gasteiger partial charge < -0.3 is 4.90 Å². The molecule has 5 heteroatoms. The molecule has 0 aliphatic carbocycles. The Labute approximate surface area is 174 Å². The van der Waals surface area contributed by atoms with Crippen LogP contribution in [0, 0.1) is 0 Å². The normalized spacial score (nSPS) is 25.9. The Morgan fingerprint density at radius 1 is 1.10 bits per heavy atom. The molecule has 29 heavy (non-hydrogen) atoms. The van der Waals surface area contributed by atoms with Crippen LogP contribution in [0.25, 0.3) is 0 Å². The van der Waals surface area contributed by atoms with E-state index >= 15 is 0 Å². The summed E-state index contributed by atoms with van der Waals surface area (Å²) in [4.78, 5) is 2.57. The second-order valence-corrected chi connectivity index (χ2v) is 11.3. The van der Waals surface area contributed by atoms with Crippen molar-refractivity contribution in [3.05, 3.63) is 59.2 Å². The number of benzene rings is 2. The van der Waals surface area contributed by atoms with Crippen LogP contribution in [0.15, 0.2) is 47.6 Å². The van der Waals surface area contributed by atoms with Crippen molar-refractivity contribution in [2.75, 3.05) is 34.5 Å². The molecule has 2 atom stereocenters. The quantitative estimate of drug-likeness (QED) is 0.440. The van der Waals surface area contributed by atoms with Crippen LogP contribution in [-0.2, 0) is 22.4 Å². The minimum Gasteiger partial charge on any atom is -0.371 e. The topological polar surface area (TPSA) is 35.9 Å². The molecule has 3 aliphatic rings. The summed E-state index contributed by atoms with van der Waals surface area (Å²) in [6, 6.07) is 15.0. The van der Waals surface area contributed by atoms with E-state index in [0.29, 0.717) is 11.5 Å². The molecule has 2 unspecified atom stereocenters. The summed E-state index contributed by atoms with van der Waals surface area (Å²) in [5, 5.41) is 6.98. The molecular formula is C24H29N3OS. The predicted octanol–water partition coefficient (Wildman–Crippen LogP) is 3.71. The van der Waals surface area contributed by atoms with E-state index in [9.17, 15) is 4.21 Å². The first-order chi connectivity index (χ1) is 14.1. The molecule has 0 radical (unpaired) electrons. The molecular weight excluding hydrogens is 378 g/mol. The molecule has 3 aliphatic heterocycles. The van der Waals surface area contributed by atoms with Crippen LogP contribution in [0.2, 0.25) is 0 Å². The summed E-state index contributed by atoms with van der Waals surface area (Å²) >= 11 is 0. The van der Waals surface area contributed by atoms with E-state index in [-0.39, 0.29) is 6.04 Å². The Morgan fingerprint density at radius 2 is 1.79 bits per heavy atom. The Morgan fingerprint density at radius 3 is 2.41 bits per heavy atom. The molecule has 0 bridgehead atoms. The molecule has 0 aromatic heterocycles. The molecule has 0 amide bonds. The SMILES string of the molecule is C=S1(=O)CCC(N(/N=C/c2cc3c4c(c2)CCCN4CCC3)c2ccccc2)C1. The highest BCUT2D eigenvalue weighted by atomic mass is 32.2. The highest BCUT2D eigenvalue weighted by Crippen LogP contribution is 2.36. The molecule has 2 aromatic carbocycles. The third kappa shape index (κ3) is 3.80. The van der Waals surface area contributed by atoms with Crippen molar-refractivity contribution < 1.29 is 4.21 Å². The molecule has 3 heterocycles. The molecule has 5 rings (SSSR count). The van der Waals surface area contributed by atoms with Crippen LogP contribution in [-0.4, -0.2) is 46.9 Å². The minimum absolute atomic E-state index is 0.144. The maximum atomic E-state index is 12.5. The third-order valence-electron chi connectivity index (χ3n) is 6.37. The zero-order valence-electron chi connectivity index (χ0n) is 16.9. The van der Waals surface area contributed by atoms with Crippen LogP contribution in [0.5, 0.6) is 0 Å². The predicted molar refractivity (Wildman–Crippen MR) is 125 cm³/mol. The molecule has 0 spiro atoms. The van der Waals surface area contributed by atoms with Gasteiger partial charge in [0.25, 0.3) is 0 Å². The first-order valence-corrected chi connectivity index (χ1v) is 12.8. The summed E-state index contributed by atoms with van der Waals surface area (Å²) in [5.41, 5.74) is 6.67. The molecule has 1 saturated heterocycles. The van der Waals surface area contributed by atoms with Gasteiger partial charge in [0.1, 0.15) is 0 Å². The lowest BCUT2D eigenvalue weighted by molar-refractivity contribution is 0.634. The number of hydrogen-bond acceptors (Lipinski definition) is 4. The van der Waals surface area contributed by atoms with Crippen molar-refractivity contribution in [1.29, 1.82) is 0 Å². The van der Waals surface area contributed by atoms with Crippen molar-refractivity contribution in [2.24, 2.45) is 5.10 Å². The summed E-state index contributed by atoms with van der Waals surface area (Å²) < 4.78 is 12.5. The van der Waals surface area contributed by atoms with Gasteiger partial charge >= 0.3 is 0 Å². The van der Waals surface area contributed by atoms with Crippen LogP contribution >= 0.6 is 0 Å². The van der Waals surface area contributed by atoms with Crippen molar-refractivity contribution >= 4 is 33.0 Å². The smallest absolute Gasteiger partial charge is 0.0644 e. The number of aryl methyl sites for hydroxylation is 2. The molecule has 0 saturated carbocycles. The van der Waals surface area contributed by atoms with E-state index in [1.165, 1.54) is 48.3 Å². The second kappa shape index (κ2) is 7.52. The van der Waals surface area contributed by atoms with Gasteiger partial charge in [-0.2, -0.15) is 5.10 Å². The van der Waals surface area contributed by atoms with Gasteiger partial charge in [0.2, 0.25) is 0 Å². The maximum Gasteiger partial charge on any atom is 0.0644 e. The van der Waals surface area contributed by atoms with Gasteiger partial charge in [0, 0.05) is 30.3 Å². The molecule has 2 aromatic rings. The summed E-state index contributed by atoms with van der Waals surface area (Å²) in [6.45, 7) is 2.39. The average molecular weight is 408 g/mol. The van der Waals surface area contributed by atoms with E-state index in [1.807, 2.05) is 24.4 Å². The van der Waals surface area contributed by atoms with Crippen LogP contribution in [0.4, 0.5) is 11.4 Å². The van der Waals surface area contributed by atoms with Crippen LogP contribution in [0.3, 0.4) is 0 Å². The highest BCUT2D eigenvalue weighted by molar-refractivity contribution is 8.00. The summed E-state index contributed by atoms with van der Waals surface area (Å²) in [5.74, 6) is 5.25. The molecule has 4 nitrogen and oxygen atoms in total. The minimum atomic E-state index is -1.97. The standard InChI is InChI=1S/C24H29N3OS/c1-29(28)14-11-23(18-29)27(22-9-3-2-4-10-22)25-17-19-15-20-7-5-12-26-13-6-8-21(16-19)24(20)26/h2-4,9-10,15-17,23H,1,5-8,11-14,18H2/b25-17+. The van der Waals surface area contributed by atoms with Crippen molar-refractivity contribution in [2.45, 2.75) is 38.1 Å². The fourth-order valence-corrected chi connectivity index (χ4v) is 6.92. The van der Waals surface area contributed by atoms with Crippen molar-refractivity contribution in [3.8, 4) is 0 Å². The third-order valence-corrected chi connectivity index (χ3v) is 8.34. The fourth-order valence-electron chi connectivity index (χ4n) is 5.05. The zero-order chi connectivity index (χ0) is 19.8. The number of rotatable bonds is 4. The maximum absolute atomic E-state index is 12.5. The summed E-state index contributed by atoms with van der Waals surface area (Å²) in [7, 11) is -1.97. The van der Waals surface area contributed by atoms with Crippen LogP contribution < -0.4 is 9.91 Å². The second-order valence-electron chi connectivity index (χ2n) is 8.59. The Bertz CT molecular complexity index is 998. The molecule has 0 N–H and O–H groups in total. The van der Waals surface area contributed by atoms with E-state index in [2.05, 4.69) is 40.0 Å². The number of hydrazone groups is 1. The van der Waals surface area contributed by atoms with Gasteiger partial charge in [0.15, 0.2) is 0 Å². The number of nitrogens with zero attached hydrogens (tertiary/aromatic N) is 3. The number of para-hydroxylation sites is 1. The van der Waals surface area contributed by atoms with Crippen molar-refractivity contribution in [1.82, 2.24) is 0 Å². The Kier molecular flexibility index (Phi) is 4.86. The van der Waals surface area contributed by atoms with E-state index in [4.69, 9.17) is 5.10 Å². The molecule has 152 valence electrons. The van der Waals surface area contributed by atoms with E-state index < -0.39 is 9.52 Å².